The van der Waals surface area contributed by atoms with Gasteiger partial charge in [-0.15, -0.1) is 0 Å². The minimum absolute atomic E-state index is 0. The molecule has 0 spiro atoms. The molecule has 0 saturated carbocycles. The van der Waals surface area contributed by atoms with E-state index in [1.807, 2.05) is 26.0 Å². The first-order valence-electron chi connectivity index (χ1n) is 5.36. The average molecular weight is 270 g/mol. The molecule has 1 aromatic carbocycles. The molecule has 17 heavy (non-hydrogen) atoms. The van der Waals surface area contributed by atoms with Gasteiger partial charge in [-0.25, -0.2) is 0 Å². The van der Waals surface area contributed by atoms with Gasteiger partial charge < -0.3 is 17.7 Å². The average Bonchev–Trinajstić information content (AvgIpc) is 2.25. The summed E-state index contributed by atoms with van der Waals surface area (Å²) < 4.78 is 41.1. The first-order valence-corrected chi connectivity index (χ1v) is 5.36. The van der Waals surface area contributed by atoms with Crippen LogP contribution in [0.15, 0.2) is 24.3 Å². The van der Waals surface area contributed by atoms with E-state index in [1.165, 1.54) is 0 Å². The Balaban J connectivity index is 0.00000256. The molecule has 0 fully saturated rings. The van der Waals surface area contributed by atoms with Crippen LogP contribution in [0.1, 0.15) is 31.7 Å². The van der Waals surface area contributed by atoms with E-state index in [9.17, 15) is 12.9 Å². The molecule has 1 atom stereocenters. The molecule has 1 unspecified atom stereocenters. The molecular formula is C11H15BF3KO. The number of benzene rings is 1. The van der Waals surface area contributed by atoms with E-state index in [-0.39, 0.29) is 57.3 Å². The fourth-order valence-corrected chi connectivity index (χ4v) is 1.42. The van der Waals surface area contributed by atoms with Crippen LogP contribution in [-0.2, 0) is 0 Å². The molecule has 6 heteroatoms. The van der Waals surface area contributed by atoms with E-state index >= 15 is 0 Å². The summed E-state index contributed by atoms with van der Waals surface area (Å²) >= 11 is 0. The van der Waals surface area contributed by atoms with Crippen molar-refractivity contribution in [3.8, 4) is 5.75 Å². The number of para-hydroxylation sites is 1. The number of halogens is 3. The summed E-state index contributed by atoms with van der Waals surface area (Å²) in [5.74, 6) is 0.549. The molecule has 1 aromatic rings. The summed E-state index contributed by atoms with van der Waals surface area (Å²) in [5.41, 5.74) is 0.838. The Hall–Kier alpha value is 0.511. The van der Waals surface area contributed by atoms with Crippen LogP contribution in [0, 0.1) is 0 Å². The van der Waals surface area contributed by atoms with E-state index in [1.54, 1.807) is 12.1 Å². The molecule has 90 valence electrons. The van der Waals surface area contributed by atoms with Gasteiger partial charge in [-0.2, -0.15) is 0 Å². The maximum absolute atomic E-state index is 12.1. The van der Waals surface area contributed by atoms with Crippen LogP contribution in [-0.4, -0.2) is 13.5 Å². The molecule has 0 radical (unpaired) electrons. The predicted octanol–water partition coefficient (Wildman–Crippen LogP) is 0.969. The number of ether oxygens (including phenoxy) is 1. The van der Waals surface area contributed by atoms with Gasteiger partial charge in [0, 0.05) is 0 Å². The van der Waals surface area contributed by atoms with Crippen molar-refractivity contribution < 1.29 is 69.1 Å². The molecule has 0 N–H and O–H groups in total. The van der Waals surface area contributed by atoms with E-state index in [4.69, 9.17) is 4.74 Å². The molecular weight excluding hydrogens is 255 g/mol. The van der Waals surface area contributed by atoms with Crippen molar-refractivity contribution in [1.82, 2.24) is 0 Å². The third kappa shape index (κ3) is 6.29. The van der Waals surface area contributed by atoms with E-state index in [2.05, 4.69) is 0 Å². The monoisotopic (exact) mass is 270 g/mol. The van der Waals surface area contributed by atoms with Crippen molar-refractivity contribution in [2.45, 2.75) is 26.2 Å². The van der Waals surface area contributed by atoms with Crippen LogP contribution in [0.3, 0.4) is 0 Å². The molecule has 1 rings (SSSR count). The van der Waals surface area contributed by atoms with Crippen LogP contribution in [0.4, 0.5) is 12.9 Å². The van der Waals surface area contributed by atoms with Crippen LogP contribution >= 0.6 is 0 Å². The Morgan fingerprint density at radius 2 is 1.82 bits per heavy atom. The predicted molar refractivity (Wildman–Crippen MR) is 59.7 cm³/mol. The first kappa shape index (κ1) is 17.5. The van der Waals surface area contributed by atoms with E-state index < -0.39 is 13.5 Å². The minimum Gasteiger partial charge on any atom is -0.521 e. The topological polar surface area (TPSA) is 9.23 Å². The fourth-order valence-electron chi connectivity index (χ4n) is 1.42. The molecule has 0 aromatic heterocycles. The Kier molecular flexibility index (Phi) is 8.08. The molecule has 1 nitrogen and oxygen atoms in total. The second-order valence-corrected chi connectivity index (χ2v) is 3.87. The van der Waals surface area contributed by atoms with Crippen LogP contribution in [0.25, 0.3) is 0 Å². The molecule has 0 bridgehead atoms. The summed E-state index contributed by atoms with van der Waals surface area (Å²) in [4.78, 5) is 0. The Morgan fingerprint density at radius 1 is 1.24 bits per heavy atom. The number of hydrogen-bond donors (Lipinski definition) is 0. The standard InChI is InChI=1S/C11H15BF3O.K/c1-3-9(2)10-6-4-5-7-11(10)16-8-12(13,14)15;/h4-7,9H,3,8H2,1-2H3;/q-1;+1. The van der Waals surface area contributed by atoms with Gasteiger partial charge >= 0.3 is 58.4 Å². The van der Waals surface area contributed by atoms with Gasteiger partial charge in [0.2, 0.25) is 0 Å². The zero-order chi connectivity index (χ0) is 12.2. The maximum Gasteiger partial charge on any atom is 1.00 e. The van der Waals surface area contributed by atoms with Crippen LogP contribution in [0.5, 0.6) is 5.75 Å². The first-order chi connectivity index (χ1) is 7.44. The summed E-state index contributed by atoms with van der Waals surface area (Å²) in [6.07, 6.45) is 0.873. The van der Waals surface area contributed by atoms with Gasteiger partial charge in [-0.05, 0) is 24.0 Å². The van der Waals surface area contributed by atoms with Crippen molar-refractivity contribution in [2.24, 2.45) is 0 Å². The molecule has 0 aliphatic carbocycles. The fraction of sp³-hybridized carbons (Fsp3) is 0.455. The summed E-state index contributed by atoms with van der Waals surface area (Å²) in [6.45, 7) is -2.10. The molecule has 0 aliphatic rings. The molecule has 0 heterocycles. The van der Waals surface area contributed by atoms with Gasteiger partial charge in [0.25, 0.3) is 0 Å². The number of rotatable bonds is 5. The largest absolute Gasteiger partial charge is 1.00 e. The summed E-state index contributed by atoms with van der Waals surface area (Å²) in [5, 5.41) is 0. The van der Waals surface area contributed by atoms with Crippen LogP contribution in [0.2, 0.25) is 0 Å². The normalized spacial score (nSPS) is 12.8. The molecule has 0 aliphatic heterocycles. The van der Waals surface area contributed by atoms with Gasteiger partial charge in [0.1, 0.15) is 5.75 Å². The van der Waals surface area contributed by atoms with Gasteiger partial charge in [0.15, 0.2) is 0 Å². The number of hydrogen-bond acceptors (Lipinski definition) is 1. The van der Waals surface area contributed by atoms with E-state index in [0.29, 0.717) is 5.75 Å². The Morgan fingerprint density at radius 3 is 2.35 bits per heavy atom. The minimum atomic E-state index is -4.89. The zero-order valence-electron chi connectivity index (χ0n) is 10.4. The van der Waals surface area contributed by atoms with Crippen molar-refractivity contribution >= 4 is 6.98 Å². The summed E-state index contributed by atoms with van der Waals surface area (Å²) in [7, 11) is 0. The summed E-state index contributed by atoms with van der Waals surface area (Å²) in [6, 6.07) is 6.90. The Bertz CT molecular complexity index is 344. The van der Waals surface area contributed by atoms with E-state index in [0.717, 1.165) is 12.0 Å². The maximum atomic E-state index is 12.1. The molecule has 0 amide bonds. The van der Waals surface area contributed by atoms with Gasteiger partial charge in [-0.3, -0.25) is 0 Å². The zero-order valence-corrected chi connectivity index (χ0v) is 13.5. The Labute approximate surface area is 143 Å². The third-order valence-electron chi connectivity index (χ3n) is 2.49. The quantitative estimate of drug-likeness (QED) is 0.724. The third-order valence-corrected chi connectivity index (χ3v) is 2.49. The van der Waals surface area contributed by atoms with Crippen molar-refractivity contribution in [3.05, 3.63) is 29.8 Å². The second-order valence-electron chi connectivity index (χ2n) is 3.87. The van der Waals surface area contributed by atoms with Gasteiger partial charge in [-0.1, -0.05) is 32.0 Å². The van der Waals surface area contributed by atoms with Crippen molar-refractivity contribution in [2.75, 3.05) is 6.51 Å². The van der Waals surface area contributed by atoms with Crippen LogP contribution < -0.4 is 56.1 Å². The molecule has 0 saturated heterocycles. The second kappa shape index (κ2) is 7.84. The van der Waals surface area contributed by atoms with Crippen molar-refractivity contribution in [3.63, 3.8) is 0 Å². The SMILES string of the molecule is CCC(C)c1ccccc1OC[B-](F)(F)F.[K+]. The smallest absolute Gasteiger partial charge is 0.521 e. The van der Waals surface area contributed by atoms with Crippen molar-refractivity contribution in [1.29, 1.82) is 0 Å². The van der Waals surface area contributed by atoms with Gasteiger partial charge in [0.05, 0.1) is 6.51 Å².